The van der Waals surface area contributed by atoms with Crippen LogP contribution in [-0.4, -0.2) is 31.0 Å². The first-order valence-electron chi connectivity index (χ1n) is 7.07. The lowest BCUT2D eigenvalue weighted by Crippen LogP contribution is -2.45. The molecule has 114 valence electrons. The van der Waals surface area contributed by atoms with E-state index < -0.39 is 5.41 Å². The van der Waals surface area contributed by atoms with Crippen molar-refractivity contribution in [2.24, 2.45) is 16.3 Å². The Morgan fingerprint density at radius 1 is 1.33 bits per heavy atom. The van der Waals surface area contributed by atoms with E-state index in [0.717, 1.165) is 24.2 Å². The Morgan fingerprint density at radius 3 is 2.52 bits per heavy atom. The minimum absolute atomic E-state index is 0.000154. The van der Waals surface area contributed by atoms with Gasteiger partial charge in [0.15, 0.2) is 5.84 Å². The Labute approximate surface area is 124 Å². The molecular formula is C15H22N4O2. The number of nitrogens with zero attached hydrogens (tertiary/aromatic N) is 2. The Morgan fingerprint density at radius 2 is 1.95 bits per heavy atom. The fourth-order valence-electron chi connectivity index (χ4n) is 2.89. The van der Waals surface area contributed by atoms with E-state index in [1.54, 1.807) is 0 Å². The molecule has 2 rings (SSSR count). The summed E-state index contributed by atoms with van der Waals surface area (Å²) in [5.41, 5.74) is 6.54. The molecule has 1 saturated carbocycles. The Balaban J connectivity index is 2.29. The van der Waals surface area contributed by atoms with Crippen LogP contribution in [0, 0.1) is 5.41 Å². The first-order valence-corrected chi connectivity index (χ1v) is 7.07. The van der Waals surface area contributed by atoms with Gasteiger partial charge in [-0.05, 0) is 25.0 Å². The van der Waals surface area contributed by atoms with Gasteiger partial charge in [0.2, 0.25) is 5.91 Å². The Hall–Kier alpha value is -2.24. The molecule has 0 heterocycles. The van der Waals surface area contributed by atoms with Gasteiger partial charge < -0.3 is 21.2 Å². The molecule has 1 aromatic carbocycles. The number of carbonyl (C=O) groups excluding carboxylic acids is 1. The molecular weight excluding hydrogens is 268 g/mol. The van der Waals surface area contributed by atoms with Crippen molar-refractivity contribution < 1.29 is 10.0 Å². The van der Waals surface area contributed by atoms with E-state index in [9.17, 15) is 4.79 Å². The van der Waals surface area contributed by atoms with E-state index in [1.807, 2.05) is 43.3 Å². The molecule has 1 aliphatic carbocycles. The van der Waals surface area contributed by atoms with Crippen molar-refractivity contribution in [1.29, 1.82) is 0 Å². The summed E-state index contributed by atoms with van der Waals surface area (Å²) in [6.07, 6.45) is 3.02. The van der Waals surface area contributed by atoms with E-state index in [2.05, 4.69) is 10.5 Å². The molecule has 21 heavy (non-hydrogen) atoms. The fraction of sp³-hybridized carbons (Fsp3) is 0.467. The topological polar surface area (TPSA) is 91.0 Å². The summed E-state index contributed by atoms with van der Waals surface area (Å²) < 4.78 is 0. The van der Waals surface area contributed by atoms with E-state index in [-0.39, 0.29) is 11.7 Å². The molecule has 0 unspecified atom stereocenters. The number of para-hydroxylation sites is 2. The van der Waals surface area contributed by atoms with Gasteiger partial charge in [0, 0.05) is 14.1 Å². The Kier molecular flexibility index (Phi) is 4.35. The van der Waals surface area contributed by atoms with Gasteiger partial charge >= 0.3 is 0 Å². The Bertz CT molecular complexity index is 548. The number of hydrogen-bond acceptors (Lipinski definition) is 4. The minimum atomic E-state index is -0.895. The van der Waals surface area contributed by atoms with Gasteiger partial charge in [-0.25, -0.2) is 0 Å². The molecule has 1 fully saturated rings. The third kappa shape index (κ3) is 2.79. The second-order valence-electron chi connectivity index (χ2n) is 5.64. The lowest BCUT2D eigenvalue weighted by molar-refractivity contribution is -0.122. The third-order valence-corrected chi connectivity index (χ3v) is 4.12. The number of oxime groups is 1. The molecule has 1 aromatic rings. The largest absolute Gasteiger partial charge is 0.409 e. The maximum Gasteiger partial charge on any atom is 0.238 e. The van der Waals surface area contributed by atoms with Crippen molar-refractivity contribution in [3.63, 3.8) is 0 Å². The average Bonchev–Trinajstić information content (AvgIpc) is 2.97. The zero-order chi connectivity index (χ0) is 15.5. The summed E-state index contributed by atoms with van der Waals surface area (Å²) in [6.45, 7) is 0. The van der Waals surface area contributed by atoms with Gasteiger partial charge in [0.25, 0.3) is 0 Å². The molecule has 0 aliphatic heterocycles. The molecule has 0 bridgehead atoms. The lowest BCUT2D eigenvalue weighted by atomic mass is 9.83. The molecule has 1 amide bonds. The number of benzene rings is 1. The first-order chi connectivity index (χ1) is 10.0. The number of rotatable bonds is 4. The lowest BCUT2D eigenvalue weighted by Gasteiger charge is -2.27. The van der Waals surface area contributed by atoms with Crippen LogP contribution in [-0.2, 0) is 4.79 Å². The molecule has 6 heteroatoms. The molecule has 1 aliphatic rings. The average molecular weight is 290 g/mol. The molecule has 6 nitrogen and oxygen atoms in total. The van der Waals surface area contributed by atoms with Gasteiger partial charge in [0.1, 0.15) is 5.41 Å². The predicted octanol–water partition coefficient (Wildman–Crippen LogP) is 2.00. The summed E-state index contributed by atoms with van der Waals surface area (Å²) in [7, 11) is 3.83. The highest BCUT2D eigenvalue weighted by Crippen LogP contribution is 2.40. The minimum Gasteiger partial charge on any atom is -0.409 e. The number of amides is 1. The number of nitrogens with two attached hydrogens (primary N) is 1. The van der Waals surface area contributed by atoms with Gasteiger partial charge in [-0.15, -0.1) is 0 Å². The monoisotopic (exact) mass is 290 g/mol. The highest BCUT2D eigenvalue weighted by Gasteiger charge is 2.45. The number of anilines is 2. The third-order valence-electron chi connectivity index (χ3n) is 4.12. The van der Waals surface area contributed by atoms with Crippen LogP contribution in [0.5, 0.6) is 0 Å². The van der Waals surface area contributed by atoms with Crippen molar-refractivity contribution in [3.05, 3.63) is 24.3 Å². The predicted molar refractivity (Wildman–Crippen MR) is 83.7 cm³/mol. The van der Waals surface area contributed by atoms with Crippen molar-refractivity contribution in [1.82, 2.24) is 0 Å². The highest BCUT2D eigenvalue weighted by atomic mass is 16.4. The van der Waals surface area contributed by atoms with E-state index in [1.165, 1.54) is 0 Å². The summed E-state index contributed by atoms with van der Waals surface area (Å²) in [4.78, 5) is 14.6. The van der Waals surface area contributed by atoms with Gasteiger partial charge in [0.05, 0.1) is 11.4 Å². The quantitative estimate of drug-likeness (QED) is 0.342. The highest BCUT2D eigenvalue weighted by molar-refractivity contribution is 6.12. The molecule has 4 N–H and O–H groups in total. The van der Waals surface area contributed by atoms with Crippen LogP contribution in [0.1, 0.15) is 25.7 Å². The number of carbonyl (C=O) groups is 1. The van der Waals surface area contributed by atoms with Gasteiger partial charge in [-0.1, -0.05) is 30.1 Å². The SMILES string of the molecule is CN(C)c1ccccc1NC(=O)C1(/C(N)=N/O)CCCC1. The zero-order valence-electron chi connectivity index (χ0n) is 12.5. The maximum atomic E-state index is 12.7. The summed E-state index contributed by atoms with van der Waals surface area (Å²) in [5.74, 6) is -0.204. The molecule has 0 spiro atoms. The standard InChI is InChI=1S/C15H22N4O2/c1-19(2)12-8-4-3-7-11(12)17-14(20)15(13(16)18-21)9-5-6-10-15/h3-4,7-8,21H,5-6,9-10H2,1-2H3,(H2,16,18)(H,17,20). The van der Waals surface area contributed by atoms with Gasteiger partial charge in [-0.3, -0.25) is 4.79 Å². The normalized spacial score (nSPS) is 17.5. The second-order valence-corrected chi connectivity index (χ2v) is 5.64. The molecule has 0 saturated heterocycles. The zero-order valence-corrected chi connectivity index (χ0v) is 12.5. The summed E-state index contributed by atoms with van der Waals surface area (Å²) in [6, 6.07) is 7.57. The van der Waals surface area contributed by atoms with Crippen LogP contribution in [0.25, 0.3) is 0 Å². The van der Waals surface area contributed by atoms with Crippen molar-refractivity contribution in [2.45, 2.75) is 25.7 Å². The number of hydrogen-bond donors (Lipinski definition) is 3. The van der Waals surface area contributed by atoms with Crippen LogP contribution < -0.4 is 16.0 Å². The van der Waals surface area contributed by atoms with E-state index in [0.29, 0.717) is 12.8 Å². The fourth-order valence-corrected chi connectivity index (χ4v) is 2.89. The van der Waals surface area contributed by atoms with Gasteiger partial charge in [-0.2, -0.15) is 0 Å². The first kappa shape index (κ1) is 15.2. The van der Waals surface area contributed by atoms with Crippen molar-refractivity contribution >= 4 is 23.1 Å². The van der Waals surface area contributed by atoms with Crippen molar-refractivity contribution in [3.8, 4) is 0 Å². The van der Waals surface area contributed by atoms with E-state index >= 15 is 0 Å². The maximum absolute atomic E-state index is 12.7. The number of nitrogens with one attached hydrogen (secondary N) is 1. The van der Waals surface area contributed by atoms with Crippen LogP contribution >= 0.6 is 0 Å². The summed E-state index contributed by atoms with van der Waals surface area (Å²) in [5, 5.41) is 15.0. The van der Waals surface area contributed by atoms with Crippen LogP contribution in [0.2, 0.25) is 0 Å². The molecule has 0 atom stereocenters. The molecule has 0 radical (unpaired) electrons. The smallest absolute Gasteiger partial charge is 0.238 e. The van der Waals surface area contributed by atoms with Crippen LogP contribution in [0.15, 0.2) is 29.4 Å². The molecule has 0 aromatic heterocycles. The van der Waals surface area contributed by atoms with Crippen molar-refractivity contribution in [2.75, 3.05) is 24.3 Å². The van der Waals surface area contributed by atoms with E-state index in [4.69, 9.17) is 10.9 Å². The van der Waals surface area contributed by atoms with Crippen LogP contribution in [0.3, 0.4) is 0 Å². The number of amidine groups is 1. The van der Waals surface area contributed by atoms with Crippen LogP contribution in [0.4, 0.5) is 11.4 Å². The second kappa shape index (κ2) is 6.03. The summed E-state index contributed by atoms with van der Waals surface area (Å²) >= 11 is 0.